The van der Waals surface area contributed by atoms with Gasteiger partial charge in [-0.15, -0.1) is 0 Å². The van der Waals surface area contributed by atoms with E-state index in [1.807, 2.05) is 18.2 Å². The summed E-state index contributed by atoms with van der Waals surface area (Å²) in [6.07, 6.45) is 9.63. The average molecular weight is 483 g/mol. The van der Waals surface area contributed by atoms with Gasteiger partial charge >= 0.3 is 18.1 Å². The number of carbonyl (C=O) groups is 2. The molecule has 0 saturated heterocycles. The van der Waals surface area contributed by atoms with Gasteiger partial charge in [0.1, 0.15) is 0 Å². The molecule has 0 heterocycles. The third-order valence-electron chi connectivity index (χ3n) is 6.85. The number of aryl methyl sites for hydroxylation is 1. The standard InChI is InChI=1S/C29H38O6/c1-3-5-7-9-11-15-21-19-20-24-23-17-13-14-18-25(23)29(34-27(30)31,35-28(32)33)26(24)22(21)16-12-10-8-6-4-2/h13-14,17-20H,3-12,15-16H2,1-2H3,(H,30,31)(H,32,33). The van der Waals surface area contributed by atoms with E-state index in [0.717, 1.165) is 73.6 Å². The molecule has 0 unspecified atom stereocenters. The van der Waals surface area contributed by atoms with Crippen LogP contribution in [0.3, 0.4) is 0 Å². The summed E-state index contributed by atoms with van der Waals surface area (Å²) >= 11 is 0. The van der Waals surface area contributed by atoms with Crippen molar-refractivity contribution in [3.63, 3.8) is 0 Å². The largest absolute Gasteiger partial charge is 0.509 e. The fraction of sp³-hybridized carbons (Fsp3) is 0.517. The van der Waals surface area contributed by atoms with E-state index >= 15 is 0 Å². The molecule has 0 fully saturated rings. The Morgan fingerprint density at radius 2 is 1.29 bits per heavy atom. The molecule has 35 heavy (non-hydrogen) atoms. The highest BCUT2D eigenvalue weighted by molar-refractivity contribution is 5.83. The zero-order chi connectivity index (χ0) is 25.3. The van der Waals surface area contributed by atoms with E-state index in [0.29, 0.717) is 11.1 Å². The van der Waals surface area contributed by atoms with E-state index in [1.165, 1.54) is 25.7 Å². The second kappa shape index (κ2) is 12.6. The van der Waals surface area contributed by atoms with E-state index in [-0.39, 0.29) is 0 Å². The van der Waals surface area contributed by atoms with Crippen LogP contribution in [0.25, 0.3) is 11.1 Å². The van der Waals surface area contributed by atoms with Crippen LogP contribution in [-0.2, 0) is 28.1 Å². The Balaban J connectivity index is 2.09. The minimum atomic E-state index is -2.03. The van der Waals surface area contributed by atoms with Crippen molar-refractivity contribution in [2.24, 2.45) is 0 Å². The molecule has 6 nitrogen and oxygen atoms in total. The van der Waals surface area contributed by atoms with Gasteiger partial charge in [0, 0.05) is 5.56 Å². The predicted molar refractivity (Wildman–Crippen MR) is 136 cm³/mol. The van der Waals surface area contributed by atoms with Crippen molar-refractivity contribution in [3.8, 4) is 11.1 Å². The van der Waals surface area contributed by atoms with Crippen molar-refractivity contribution >= 4 is 12.3 Å². The minimum Gasteiger partial charge on any atom is -0.450 e. The van der Waals surface area contributed by atoms with Gasteiger partial charge in [-0.1, -0.05) is 102 Å². The van der Waals surface area contributed by atoms with E-state index in [1.54, 1.807) is 12.1 Å². The number of fused-ring (bicyclic) bond motifs is 3. The molecule has 6 heteroatoms. The number of hydrogen-bond acceptors (Lipinski definition) is 4. The Hall–Kier alpha value is -3.02. The van der Waals surface area contributed by atoms with E-state index in [2.05, 4.69) is 19.9 Å². The lowest BCUT2D eigenvalue weighted by atomic mass is 9.87. The van der Waals surface area contributed by atoms with Crippen molar-refractivity contribution in [1.29, 1.82) is 0 Å². The molecule has 0 amide bonds. The fourth-order valence-electron chi connectivity index (χ4n) is 5.25. The van der Waals surface area contributed by atoms with Crippen LogP contribution >= 0.6 is 0 Å². The van der Waals surface area contributed by atoms with Crippen LogP contribution in [-0.4, -0.2) is 22.5 Å². The molecule has 0 aliphatic heterocycles. The molecule has 3 rings (SSSR count). The maximum Gasteiger partial charge on any atom is 0.509 e. The summed E-state index contributed by atoms with van der Waals surface area (Å²) in [4.78, 5) is 23.7. The molecule has 2 aromatic carbocycles. The van der Waals surface area contributed by atoms with Crippen LogP contribution in [0.5, 0.6) is 0 Å². The molecule has 0 aromatic heterocycles. The number of unbranched alkanes of at least 4 members (excludes halogenated alkanes) is 8. The summed E-state index contributed by atoms with van der Waals surface area (Å²) < 4.78 is 10.7. The SMILES string of the molecule is CCCCCCCc1ccc2c(c1CCCCCCC)C(OC(=O)O)(OC(=O)O)c1ccccc1-2. The Morgan fingerprint density at radius 1 is 0.714 bits per heavy atom. The molecule has 190 valence electrons. The first-order valence-electron chi connectivity index (χ1n) is 13.0. The fourth-order valence-corrected chi connectivity index (χ4v) is 5.25. The van der Waals surface area contributed by atoms with Crippen LogP contribution in [0.1, 0.15) is 100 Å². The molecule has 0 atom stereocenters. The Morgan fingerprint density at radius 3 is 1.89 bits per heavy atom. The monoisotopic (exact) mass is 482 g/mol. The van der Waals surface area contributed by atoms with Crippen LogP contribution in [0, 0.1) is 0 Å². The number of carboxylic acid groups (broad SMARTS) is 2. The third kappa shape index (κ3) is 6.16. The number of benzene rings is 2. The topological polar surface area (TPSA) is 93.1 Å². The molecule has 2 N–H and O–H groups in total. The second-order valence-corrected chi connectivity index (χ2v) is 9.35. The van der Waals surface area contributed by atoms with Crippen LogP contribution in [0.2, 0.25) is 0 Å². The average Bonchev–Trinajstić information content (AvgIpc) is 3.08. The van der Waals surface area contributed by atoms with Gasteiger partial charge < -0.3 is 19.7 Å². The minimum absolute atomic E-state index is 0.409. The Labute approximate surface area is 208 Å². The van der Waals surface area contributed by atoms with Gasteiger partial charge in [-0.3, -0.25) is 0 Å². The number of ether oxygens (including phenoxy) is 2. The molecular formula is C29H38O6. The lowest BCUT2D eigenvalue weighted by Crippen LogP contribution is -2.37. The van der Waals surface area contributed by atoms with E-state index in [9.17, 15) is 19.8 Å². The Bertz CT molecular complexity index is 996. The molecule has 0 spiro atoms. The maximum atomic E-state index is 11.9. The summed E-state index contributed by atoms with van der Waals surface area (Å²) in [6, 6.07) is 11.2. The summed E-state index contributed by atoms with van der Waals surface area (Å²) in [5.41, 5.74) is 4.55. The zero-order valence-electron chi connectivity index (χ0n) is 21.0. The lowest BCUT2D eigenvalue weighted by molar-refractivity contribution is -0.158. The first-order valence-corrected chi connectivity index (χ1v) is 13.0. The van der Waals surface area contributed by atoms with Crippen molar-refractivity contribution < 1.29 is 29.3 Å². The van der Waals surface area contributed by atoms with Gasteiger partial charge in [0.2, 0.25) is 0 Å². The molecule has 0 bridgehead atoms. The van der Waals surface area contributed by atoms with Gasteiger partial charge in [-0.2, -0.15) is 0 Å². The highest BCUT2D eigenvalue weighted by atomic mass is 16.8. The molecule has 0 radical (unpaired) electrons. The first kappa shape index (κ1) is 26.6. The van der Waals surface area contributed by atoms with Crippen molar-refractivity contribution in [3.05, 3.63) is 58.7 Å². The van der Waals surface area contributed by atoms with Gasteiger partial charge in [-0.25, -0.2) is 9.59 Å². The number of rotatable bonds is 14. The van der Waals surface area contributed by atoms with Crippen LogP contribution < -0.4 is 0 Å². The third-order valence-corrected chi connectivity index (χ3v) is 6.85. The first-order chi connectivity index (χ1) is 16.9. The van der Waals surface area contributed by atoms with Crippen LogP contribution in [0.15, 0.2) is 36.4 Å². The van der Waals surface area contributed by atoms with Crippen molar-refractivity contribution in [2.75, 3.05) is 0 Å². The summed E-state index contributed by atoms with van der Waals surface area (Å²) in [5, 5.41) is 19.3. The smallest absolute Gasteiger partial charge is 0.450 e. The zero-order valence-corrected chi connectivity index (χ0v) is 21.0. The second-order valence-electron chi connectivity index (χ2n) is 9.35. The van der Waals surface area contributed by atoms with Crippen molar-refractivity contribution in [1.82, 2.24) is 0 Å². The number of hydrogen-bond donors (Lipinski definition) is 2. The van der Waals surface area contributed by atoms with Gasteiger partial charge in [0.25, 0.3) is 0 Å². The summed E-state index contributed by atoms with van der Waals surface area (Å²) in [7, 11) is 0. The molecular weight excluding hydrogens is 444 g/mol. The van der Waals surface area contributed by atoms with E-state index < -0.39 is 18.1 Å². The highest BCUT2D eigenvalue weighted by Gasteiger charge is 2.52. The Kier molecular flexibility index (Phi) is 9.58. The van der Waals surface area contributed by atoms with Gasteiger partial charge in [0.05, 0.1) is 5.56 Å². The predicted octanol–water partition coefficient (Wildman–Crippen LogP) is 8.28. The molecule has 1 aliphatic carbocycles. The maximum absolute atomic E-state index is 11.9. The van der Waals surface area contributed by atoms with Gasteiger partial charge in [-0.05, 0) is 47.9 Å². The van der Waals surface area contributed by atoms with Gasteiger partial charge in [0.15, 0.2) is 0 Å². The molecule has 1 aliphatic rings. The summed E-state index contributed by atoms with van der Waals surface area (Å²) in [5.74, 6) is -2.03. The van der Waals surface area contributed by atoms with E-state index in [4.69, 9.17) is 9.47 Å². The lowest BCUT2D eigenvalue weighted by Gasteiger charge is -2.30. The summed E-state index contributed by atoms with van der Waals surface area (Å²) in [6.45, 7) is 4.37. The molecule has 0 saturated carbocycles. The normalized spacial score (nSPS) is 13.2. The van der Waals surface area contributed by atoms with Crippen LogP contribution in [0.4, 0.5) is 9.59 Å². The van der Waals surface area contributed by atoms with Crippen molar-refractivity contribution in [2.45, 2.75) is 96.7 Å². The highest BCUT2D eigenvalue weighted by Crippen LogP contribution is 2.53. The molecule has 2 aromatic rings. The quantitative estimate of drug-likeness (QED) is 0.160.